The first-order valence-corrected chi connectivity index (χ1v) is 15.0. The van der Waals surface area contributed by atoms with Crippen LogP contribution in [-0.4, -0.2) is 99.3 Å². The number of pyridine rings is 1. The van der Waals surface area contributed by atoms with E-state index in [1.54, 1.807) is 14.3 Å². The quantitative estimate of drug-likeness (QED) is 0.447. The molecule has 1 spiro atoms. The lowest BCUT2D eigenvalue weighted by Crippen LogP contribution is -2.44. The van der Waals surface area contributed by atoms with Crippen LogP contribution in [0.3, 0.4) is 0 Å². The van der Waals surface area contributed by atoms with Crippen LogP contribution in [0.25, 0.3) is 5.65 Å². The van der Waals surface area contributed by atoms with Gasteiger partial charge in [0.05, 0.1) is 18.3 Å². The number of likely N-dealkylation sites (tertiary alicyclic amines) is 2. The molecule has 0 bridgehead atoms. The molecule has 1 unspecified atom stereocenters. The predicted octanol–water partition coefficient (Wildman–Crippen LogP) is 3.15. The standard InChI is InChI=1S/C32H40N6O5/c1-22-16-24(35-13-10-30(2,19-35)23-8-6-5-7-9-23)18-38-27(22)33-26(34-38)28(40)37-15-12-32(21-37)11-14-36(20-32)25(39)17-31(3,43-4)29(41)42/h5-9,16,18H,10-15,17,19-21H2,1-4H3,(H,41,42)/t30-,31?,32+/m0/s1. The fourth-order valence-corrected chi connectivity index (χ4v) is 7.02. The first-order chi connectivity index (χ1) is 20.4. The second kappa shape index (κ2) is 10.6. The molecule has 6 rings (SSSR count). The lowest BCUT2D eigenvalue weighted by atomic mass is 9.82. The minimum atomic E-state index is -1.56. The van der Waals surface area contributed by atoms with E-state index in [1.807, 2.05) is 19.2 Å². The lowest BCUT2D eigenvalue weighted by Gasteiger charge is -2.27. The molecule has 0 saturated carbocycles. The molecule has 3 aromatic rings. The van der Waals surface area contributed by atoms with Crippen LogP contribution in [0.15, 0.2) is 42.6 Å². The smallest absolute Gasteiger partial charge is 0.336 e. The summed E-state index contributed by atoms with van der Waals surface area (Å²) in [4.78, 5) is 48.6. The van der Waals surface area contributed by atoms with E-state index in [1.165, 1.54) is 19.6 Å². The van der Waals surface area contributed by atoms with Crippen molar-refractivity contribution in [2.75, 3.05) is 51.3 Å². The third-order valence-corrected chi connectivity index (χ3v) is 10.0. The zero-order valence-corrected chi connectivity index (χ0v) is 25.4. The Morgan fingerprint density at radius 2 is 1.72 bits per heavy atom. The van der Waals surface area contributed by atoms with Crippen molar-refractivity contribution in [3.05, 3.63) is 59.5 Å². The highest BCUT2D eigenvalue weighted by molar-refractivity contribution is 5.91. The van der Waals surface area contributed by atoms with E-state index in [0.717, 1.165) is 43.6 Å². The van der Waals surface area contributed by atoms with Crippen LogP contribution in [0.2, 0.25) is 0 Å². The summed E-state index contributed by atoms with van der Waals surface area (Å²) in [5.41, 5.74) is 2.34. The summed E-state index contributed by atoms with van der Waals surface area (Å²) in [6.07, 6.45) is 4.33. The second-order valence-electron chi connectivity index (χ2n) is 13.1. The molecule has 1 N–H and O–H groups in total. The highest BCUT2D eigenvalue weighted by Crippen LogP contribution is 2.41. The maximum Gasteiger partial charge on any atom is 0.336 e. The molecule has 228 valence electrons. The van der Waals surface area contributed by atoms with Crippen molar-refractivity contribution in [2.24, 2.45) is 5.41 Å². The van der Waals surface area contributed by atoms with Gasteiger partial charge in [0.2, 0.25) is 11.7 Å². The van der Waals surface area contributed by atoms with Crippen LogP contribution in [0.5, 0.6) is 0 Å². The third-order valence-electron chi connectivity index (χ3n) is 10.0. The van der Waals surface area contributed by atoms with Gasteiger partial charge in [-0.1, -0.05) is 37.3 Å². The largest absolute Gasteiger partial charge is 0.479 e. The zero-order chi connectivity index (χ0) is 30.6. The fourth-order valence-electron chi connectivity index (χ4n) is 7.02. The summed E-state index contributed by atoms with van der Waals surface area (Å²) in [7, 11) is 1.30. The number of carboxylic acids is 1. The maximum atomic E-state index is 13.6. The van der Waals surface area contributed by atoms with E-state index >= 15 is 0 Å². The van der Waals surface area contributed by atoms with Gasteiger partial charge in [-0.3, -0.25) is 9.59 Å². The van der Waals surface area contributed by atoms with E-state index in [0.29, 0.717) is 31.8 Å². The van der Waals surface area contributed by atoms with Crippen LogP contribution in [-0.2, 0) is 19.7 Å². The van der Waals surface area contributed by atoms with Crippen molar-refractivity contribution >= 4 is 29.1 Å². The third kappa shape index (κ3) is 5.24. The molecular weight excluding hydrogens is 548 g/mol. The molecule has 0 radical (unpaired) electrons. The number of fused-ring (bicyclic) bond motifs is 1. The Kier molecular flexibility index (Phi) is 7.19. The number of aliphatic carboxylic acids is 1. The summed E-state index contributed by atoms with van der Waals surface area (Å²) < 4.78 is 6.85. The van der Waals surface area contributed by atoms with Gasteiger partial charge in [-0.05, 0) is 50.3 Å². The van der Waals surface area contributed by atoms with Crippen molar-refractivity contribution in [3.63, 3.8) is 0 Å². The van der Waals surface area contributed by atoms with E-state index in [9.17, 15) is 19.5 Å². The Bertz CT molecular complexity index is 1570. The average Bonchev–Trinajstić information content (AvgIpc) is 3.80. The number of aromatic nitrogens is 3. The van der Waals surface area contributed by atoms with Gasteiger partial charge in [0.1, 0.15) is 0 Å². The van der Waals surface area contributed by atoms with Gasteiger partial charge in [-0.15, -0.1) is 5.10 Å². The van der Waals surface area contributed by atoms with Gasteiger partial charge in [0.15, 0.2) is 11.2 Å². The Morgan fingerprint density at radius 3 is 2.42 bits per heavy atom. The Labute approximate surface area is 251 Å². The molecule has 1 aromatic carbocycles. The molecule has 11 heteroatoms. The maximum absolute atomic E-state index is 13.6. The molecule has 3 fully saturated rings. The molecule has 43 heavy (non-hydrogen) atoms. The summed E-state index contributed by atoms with van der Waals surface area (Å²) in [5, 5.41) is 14.1. The van der Waals surface area contributed by atoms with Gasteiger partial charge < -0.3 is 24.5 Å². The molecule has 3 atom stereocenters. The zero-order valence-electron chi connectivity index (χ0n) is 25.4. The molecular formula is C32H40N6O5. The lowest BCUT2D eigenvalue weighted by molar-refractivity contribution is -0.165. The highest BCUT2D eigenvalue weighted by Gasteiger charge is 2.48. The normalized spacial score (nSPS) is 25.2. The van der Waals surface area contributed by atoms with E-state index in [2.05, 4.69) is 52.2 Å². The number of carbonyl (C=O) groups is 3. The van der Waals surface area contributed by atoms with Crippen LogP contribution >= 0.6 is 0 Å². The minimum Gasteiger partial charge on any atom is -0.479 e. The Balaban J connectivity index is 1.13. The van der Waals surface area contributed by atoms with E-state index in [-0.39, 0.29) is 34.9 Å². The SMILES string of the molecule is COC(C)(CC(=O)N1CC[C@@]2(CCN(C(=O)c3nc4c(C)cc(N5CC[C@](C)(c6ccccc6)C5)cn4n3)C2)C1)C(=O)O. The number of aryl methyl sites for hydroxylation is 1. The van der Waals surface area contributed by atoms with Gasteiger partial charge in [0, 0.05) is 57.2 Å². The number of hydrogen-bond acceptors (Lipinski definition) is 7. The van der Waals surface area contributed by atoms with Crippen LogP contribution < -0.4 is 4.90 Å². The molecule has 0 aliphatic carbocycles. The molecule has 3 aliphatic heterocycles. The number of nitrogens with zero attached hydrogens (tertiary/aromatic N) is 6. The number of carbonyl (C=O) groups excluding carboxylic acids is 2. The van der Waals surface area contributed by atoms with Gasteiger partial charge in [0.25, 0.3) is 5.91 Å². The Hall–Kier alpha value is -3.99. The number of carboxylic acid groups (broad SMARTS) is 1. The summed E-state index contributed by atoms with van der Waals surface area (Å²) >= 11 is 0. The van der Waals surface area contributed by atoms with Crippen molar-refractivity contribution < 1.29 is 24.2 Å². The summed E-state index contributed by atoms with van der Waals surface area (Å²) in [5.74, 6) is -1.44. The monoisotopic (exact) mass is 588 g/mol. The topological polar surface area (TPSA) is 121 Å². The van der Waals surface area contributed by atoms with Gasteiger partial charge in [-0.2, -0.15) is 0 Å². The van der Waals surface area contributed by atoms with Crippen LogP contribution in [0.4, 0.5) is 5.69 Å². The molecule has 2 aromatic heterocycles. The summed E-state index contributed by atoms with van der Waals surface area (Å²) in [6, 6.07) is 12.8. The number of hydrogen-bond donors (Lipinski definition) is 1. The van der Waals surface area contributed by atoms with Crippen molar-refractivity contribution in [1.82, 2.24) is 24.4 Å². The predicted molar refractivity (Wildman–Crippen MR) is 160 cm³/mol. The van der Waals surface area contributed by atoms with Crippen molar-refractivity contribution in [3.8, 4) is 0 Å². The minimum absolute atomic E-state index is 0.0689. The molecule has 2 amide bonds. The molecule has 3 saturated heterocycles. The number of amides is 2. The van der Waals surface area contributed by atoms with E-state index in [4.69, 9.17) is 4.74 Å². The Morgan fingerprint density at radius 1 is 1.02 bits per heavy atom. The molecule has 5 heterocycles. The van der Waals surface area contributed by atoms with E-state index < -0.39 is 11.6 Å². The van der Waals surface area contributed by atoms with Crippen LogP contribution in [0, 0.1) is 12.3 Å². The van der Waals surface area contributed by atoms with Gasteiger partial charge >= 0.3 is 5.97 Å². The number of rotatable bonds is 7. The fraction of sp³-hybridized carbons (Fsp3) is 0.531. The van der Waals surface area contributed by atoms with Crippen molar-refractivity contribution in [2.45, 2.75) is 57.5 Å². The average molecular weight is 589 g/mol. The molecule has 11 nitrogen and oxygen atoms in total. The van der Waals surface area contributed by atoms with Crippen LogP contribution in [0.1, 0.15) is 61.3 Å². The molecule has 3 aliphatic rings. The number of anilines is 1. The highest BCUT2D eigenvalue weighted by atomic mass is 16.5. The number of ether oxygens (including phenoxy) is 1. The number of methoxy groups -OCH3 is 1. The van der Waals surface area contributed by atoms with Gasteiger partial charge in [-0.25, -0.2) is 14.3 Å². The summed E-state index contributed by atoms with van der Waals surface area (Å²) in [6.45, 7) is 9.68. The second-order valence-corrected chi connectivity index (χ2v) is 13.1. The number of benzene rings is 1. The first-order valence-electron chi connectivity index (χ1n) is 15.0. The van der Waals surface area contributed by atoms with Crippen molar-refractivity contribution in [1.29, 1.82) is 0 Å². The first kappa shape index (κ1) is 29.1.